The van der Waals surface area contributed by atoms with E-state index >= 15 is 0 Å². The molecule has 0 radical (unpaired) electrons. The Bertz CT molecular complexity index is 1160. The Kier molecular flexibility index (Phi) is 5.23. The minimum absolute atomic E-state index is 0.261. The molecule has 0 aliphatic carbocycles. The molecule has 3 heterocycles. The third kappa shape index (κ3) is 3.82. The smallest absolute Gasteiger partial charge is 0.302 e. The third-order valence-corrected chi connectivity index (χ3v) is 5.26. The number of likely N-dealkylation sites (tertiary alicyclic amines) is 1. The molecule has 1 aliphatic heterocycles. The zero-order chi connectivity index (χ0) is 20.5. The Morgan fingerprint density at radius 1 is 1.24 bits per heavy atom. The lowest BCUT2D eigenvalue weighted by molar-refractivity contribution is 0.120. The third-order valence-electron chi connectivity index (χ3n) is 5.26. The second-order valence-corrected chi connectivity index (χ2v) is 7.28. The number of alkyl halides is 2. The van der Waals surface area contributed by atoms with Crippen molar-refractivity contribution in [1.29, 1.82) is 0 Å². The van der Waals surface area contributed by atoms with Gasteiger partial charge >= 0.3 is 5.69 Å². The molecular weight excluding hydrogens is 380 g/mol. The normalized spacial score (nSPS) is 17.4. The molecule has 152 valence electrons. The van der Waals surface area contributed by atoms with Gasteiger partial charge in [0.1, 0.15) is 5.82 Å². The molecule has 4 rings (SSSR count). The highest BCUT2D eigenvalue weighted by Crippen LogP contribution is 2.32. The molecule has 0 N–H and O–H groups in total. The summed E-state index contributed by atoms with van der Waals surface area (Å²) < 4.78 is 29.0. The number of hydrogen-bond acceptors (Lipinski definition) is 5. The lowest BCUT2D eigenvalue weighted by Crippen LogP contribution is -2.33. The van der Waals surface area contributed by atoms with E-state index in [0.717, 1.165) is 23.1 Å². The number of halogens is 2. The fraction of sp³-hybridized carbons (Fsp3) is 0.400. The van der Waals surface area contributed by atoms with E-state index in [4.69, 9.17) is 0 Å². The monoisotopic (exact) mass is 401 g/mol. The molecule has 1 fully saturated rings. The van der Waals surface area contributed by atoms with Gasteiger partial charge in [-0.15, -0.1) is 0 Å². The van der Waals surface area contributed by atoms with Crippen LogP contribution in [0.1, 0.15) is 30.3 Å². The standard InChI is InChI=1S/C20H21F2N5O2/c1-25-10-13(9-23-20(25)29)11-26-8-4-7-16(26)18-24-15-6-3-2-5-14(15)19(28)27(18)12-17(21)22/h2-3,5-6,9-10,16-17H,4,7-8,11-12H2,1H3. The first-order chi connectivity index (χ1) is 13.9. The van der Waals surface area contributed by atoms with E-state index in [0.29, 0.717) is 29.7 Å². The fourth-order valence-corrected chi connectivity index (χ4v) is 3.94. The quantitative estimate of drug-likeness (QED) is 0.655. The molecular formula is C20H21F2N5O2. The van der Waals surface area contributed by atoms with E-state index in [9.17, 15) is 18.4 Å². The average molecular weight is 401 g/mol. The zero-order valence-electron chi connectivity index (χ0n) is 16.0. The number of aryl methyl sites for hydroxylation is 1. The predicted molar refractivity (Wildman–Crippen MR) is 104 cm³/mol. The highest BCUT2D eigenvalue weighted by atomic mass is 19.3. The molecule has 9 heteroatoms. The molecule has 7 nitrogen and oxygen atoms in total. The van der Waals surface area contributed by atoms with E-state index in [-0.39, 0.29) is 11.7 Å². The van der Waals surface area contributed by atoms with E-state index in [1.54, 1.807) is 37.5 Å². The van der Waals surface area contributed by atoms with Crippen molar-refractivity contribution in [3.63, 3.8) is 0 Å². The van der Waals surface area contributed by atoms with Gasteiger partial charge in [0, 0.05) is 31.5 Å². The topological polar surface area (TPSA) is 73.0 Å². The van der Waals surface area contributed by atoms with Crippen molar-refractivity contribution in [2.24, 2.45) is 7.05 Å². The number of hydrogen-bond donors (Lipinski definition) is 0. The summed E-state index contributed by atoms with van der Waals surface area (Å²) in [5.74, 6) is 0.365. The summed E-state index contributed by atoms with van der Waals surface area (Å²) in [5.41, 5.74) is 0.561. The highest BCUT2D eigenvalue weighted by molar-refractivity contribution is 5.77. The van der Waals surface area contributed by atoms with E-state index in [1.165, 1.54) is 10.8 Å². The van der Waals surface area contributed by atoms with Gasteiger partial charge < -0.3 is 4.57 Å². The first kappa shape index (κ1) is 19.4. The number of aromatic nitrogens is 4. The van der Waals surface area contributed by atoms with Gasteiger partial charge in [0.05, 0.1) is 23.5 Å². The molecule has 0 spiro atoms. The van der Waals surface area contributed by atoms with Crippen molar-refractivity contribution in [2.75, 3.05) is 6.54 Å². The summed E-state index contributed by atoms with van der Waals surface area (Å²) in [7, 11) is 1.63. The molecule has 0 saturated carbocycles. The predicted octanol–water partition coefficient (Wildman–Crippen LogP) is 2.09. The minimum atomic E-state index is -2.66. The molecule has 29 heavy (non-hydrogen) atoms. The molecule has 3 aromatic rings. The second-order valence-electron chi connectivity index (χ2n) is 7.28. The number of rotatable bonds is 5. The summed E-state index contributed by atoms with van der Waals surface area (Å²) in [6.07, 6.45) is 2.16. The Morgan fingerprint density at radius 3 is 2.79 bits per heavy atom. The van der Waals surface area contributed by atoms with Crippen LogP contribution in [0.5, 0.6) is 0 Å². The number of nitrogens with zero attached hydrogens (tertiary/aromatic N) is 5. The van der Waals surface area contributed by atoms with Crippen LogP contribution in [0.2, 0.25) is 0 Å². The first-order valence-corrected chi connectivity index (χ1v) is 9.47. The van der Waals surface area contributed by atoms with Gasteiger partial charge in [0.2, 0.25) is 0 Å². The Morgan fingerprint density at radius 2 is 2.03 bits per heavy atom. The van der Waals surface area contributed by atoms with Gasteiger partial charge in [-0.2, -0.15) is 0 Å². The van der Waals surface area contributed by atoms with Crippen LogP contribution >= 0.6 is 0 Å². The van der Waals surface area contributed by atoms with Crippen molar-refractivity contribution in [1.82, 2.24) is 24.0 Å². The summed E-state index contributed by atoms with van der Waals surface area (Å²) in [4.78, 5) is 35.0. The highest BCUT2D eigenvalue weighted by Gasteiger charge is 2.31. The molecule has 2 aromatic heterocycles. The van der Waals surface area contributed by atoms with Crippen LogP contribution in [0.15, 0.2) is 46.2 Å². The van der Waals surface area contributed by atoms with Crippen molar-refractivity contribution in [3.05, 3.63) is 68.9 Å². The molecule has 1 saturated heterocycles. The number of benzene rings is 1. The summed E-state index contributed by atoms with van der Waals surface area (Å²) in [5, 5.41) is 0.337. The number of para-hydroxylation sites is 1. The van der Waals surface area contributed by atoms with E-state index < -0.39 is 18.5 Å². The Balaban J connectivity index is 1.76. The van der Waals surface area contributed by atoms with Gasteiger partial charge in [0.25, 0.3) is 12.0 Å². The van der Waals surface area contributed by atoms with Crippen LogP contribution in [0, 0.1) is 0 Å². The Labute approximate surface area is 165 Å². The van der Waals surface area contributed by atoms with Crippen LogP contribution in [-0.2, 0) is 20.1 Å². The van der Waals surface area contributed by atoms with Gasteiger partial charge in [-0.25, -0.2) is 23.5 Å². The maximum absolute atomic E-state index is 13.3. The second kappa shape index (κ2) is 7.82. The van der Waals surface area contributed by atoms with Crippen LogP contribution in [0.4, 0.5) is 8.78 Å². The van der Waals surface area contributed by atoms with Crippen molar-refractivity contribution < 1.29 is 8.78 Å². The first-order valence-electron chi connectivity index (χ1n) is 9.47. The molecule has 1 unspecified atom stereocenters. The fourth-order valence-electron chi connectivity index (χ4n) is 3.94. The largest absolute Gasteiger partial charge is 0.347 e. The van der Waals surface area contributed by atoms with Gasteiger partial charge in [0.15, 0.2) is 0 Å². The summed E-state index contributed by atoms with van der Waals surface area (Å²) >= 11 is 0. The van der Waals surface area contributed by atoms with Crippen LogP contribution in [-0.4, -0.2) is 37.0 Å². The molecule has 1 atom stereocenters. The van der Waals surface area contributed by atoms with E-state index in [1.807, 2.05) is 0 Å². The molecule has 1 aromatic carbocycles. The average Bonchev–Trinajstić information content (AvgIpc) is 3.14. The molecule has 0 bridgehead atoms. The summed E-state index contributed by atoms with van der Waals surface area (Å²) in [6.45, 7) is 0.547. The lowest BCUT2D eigenvalue weighted by Gasteiger charge is -2.26. The maximum atomic E-state index is 13.3. The molecule has 0 amide bonds. The van der Waals surface area contributed by atoms with Crippen molar-refractivity contribution >= 4 is 10.9 Å². The Hall–Kier alpha value is -2.94. The van der Waals surface area contributed by atoms with Gasteiger partial charge in [-0.05, 0) is 31.5 Å². The van der Waals surface area contributed by atoms with Crippen molar-refractivity contribution in [3.8, 4) is 0 Å². The van der Waals surface area contributed by atoms with Crippen LogP contribution < -0.4 is 11.2 Å². The summed E-state index contributed by atoms with van der Waals surface area (Å²) in [6, 6.07) is 6.55. The number of fused-ring (bicyclic) bond motifs is 1. The van der Waals surface area contributed by atoms with Crippen molar-refractivity contribution in [2.45, 2.75) is 38.4 Å². The van der Waals surface area contributed by atoms with E-state index in [2.05, 4.69) is 14.9 Å². The maximum Gasteiger partial charge on any atom is 0.347 e. The molecule has 1 aliphatic rings. The zero-order valence-corrected chi connectivity index (χ0v) is 16.0. The van der Waals surface area contributed by atoms with Gasteiger partial charge in [-0.1, -0.05) is 12.1 Å². The SMILES string of the molecule is Cn1cc(CN2CCCC2c2nc3ccccc3c(=O)n2CC(F)F)cnc1=O. The van der Waals surface area contributed by atoms with Gasteiger partial charge in [-0.3, -0.25) is 14.3 Å². The van der Waals surface area contributed by atoms with Crippen LogP contribution in [0.3, 0.4) is 0 Å². The van der Waals surface area contributed by atoms with Crippen LogP contribution in [0.25, 0.3) is 10.9 Å². The lowest BCUT2D eigenvalue weighted by atomic mass is 10.1. The minimum Gasteiger partial charge on any atom is -0.302 e.